The van der Waals surface area contributed by atoms with Crippen LogP contribution in [0.4, 0.5) is 0 Å². The number of hydrogen-bond acceptors (Lipinski definition) is 2. The van der Waals surface area contributed by atoms with Gasteiger partial charge in [-0.05, 0) is 0 Å². The van der Waals surface area contributed by atoms with Gasteiger partial charge in [-0.15, -0.1) is 0 Å². The summed E-state index contributed by atoms with van der Waals surface area (Å²) in [6.45, 7) is 5.94. The molecule has 66 valence electrons. The van der Waals surface area contributed by atoms with Crippen LogP contribution in [0, 0.1) is 5.92 Å². The molecular formula is C9H15OSTl. The molecule has 3 heteroatoms. The Morgan fingerprint density at radius 3 is 3.08 bits per heavy atom. The van der Waals surface area contributed by atoms with Gasteiger partial charge in [0.25, 0.3) is 0 Å². The second-order valence-corrected chi connectivity index (χ2v) is 7.89. The normalized spacial score (nSPS) is 35.2. The third kappa shape index (κ3) is 3.03. The van der Waals surface area contributed by atoms with Crippen molar-refractivity contribution < 1.29 is 4.74 Å². The second-order valence-electron chi connectivity index (χ2n) is 3.34. The van der Waals surface area contributed by atoms with E-state index in [9.17, 15) is 0 Å². The fraction of sp³-hybridized carbons (Fsp3) is 0.778. The minimum atomic E-state index is 0.462. The second kappa shape index (κ2) is 5.65. The molecular weight excluding hydrogens is 361 g/mol. The van der Waals surface area contributed by atoms with E-state index in [2.05, 4.69) is 21.8 Å². The first-order chi connectivity index (χ1) is 5.77. The summed E-state index contributed by atoms with van der Waals surface area (Å²) in [6.07, 6.45) is 5.19. The Balaban J connectivity index is 2.41. The summed E-state index contributed by atoms with van der Waals surface area (Å²) in [5.74, 6) is 2.08. The van der Waals surface area contributed by atoms with Gasteiger partial charge in [0.15, 0.2) is 0 Å². The van der Waals surface area contributed by atoms with Crippen molar-refractivity contribution in [3.63, 3.8) is 0 Å². The molecule has 0 aromatic heterocycles. The van der Waals surface area contributed by atoms with E-state index in [1.807, 2.05) is 6.08 Å². The molecule has 1 unspecified atom stereocenters. The van der Waals surface area contributed by atoms with Gasteiger partial charge in [-0.1, -0.05) is 0 Å². The fourth-order valence-corrected chi connectivity index (χ4v) is 5.24. The van der Waals surface area contributed by atoms with Crippen LogP contribution < -0.4 is 0 Å². The Labute approximate surface area is 93.2 Å². The Hall–Kier alpha value is 0.972. The van der Waals surface area contributed by atoms with Crippen molar-refractivity contribution in [1.82, 2.24) is 0 Å². The van der Waals surface area contributed by atoms with Crippen LogP contribution in [-0.2, 0) is 4.74 Å². The van der Waals surface area contributed by atoms with E-state index >= 15 is 0 Å². The Kier molecular flexibility index (Phi) is 5.20. The Bertz CT molecular complexity index is 151. The van der Waals surface area contributed by atoms with Crippen molar-refractivity contribution in [2.75, 3.05) is 5.75 Å². The van der Waals surface area contributed by atoms with E-state index in [1.54, 1.807) is 0 Å². The number of rotatable bonds is 4. The summed E-state index contributed by atoms with van der Waals surface area (Å²) in [4.78, 5) is 0. The molecule has 0 aromatic carbocycles. The molecule has 1 fully saturated rings. The van der Waals surface area contributed by atoms with Gasteiger partial charge >= 0.3 is 93.6 Å². The molecule has 0 radical (unpaired) electrons. The molecule has 0 saturated carbocycles. The van der Waals surface area contributed by atoms with Crippen molar-refractivity contribution in [2.45, 2.75) is 32.0 Å². The van der Waals surface area contributed by atoms with Gasteiger partial charge in [0.05, 0.1) is 0 Å². The molecule has 0 N–H and O–H groups in total. The van der Waals surface area contributed by atoms with Gasteiger partial charge < -0.3 is 0 Å². The summed E-state index contributed by atoms with van der Waals surface area (Å²) >= 11 is 1.07. The van der Waals surface area contributed by atoms with Crippen LogP contribution in [0.25, 0.3) is 0 Å². The van der Waals surface area contributed by atoms with Gasteiger partial charge in [-0.3, -0.25) is 0 Å². The first-order valence-electron chi connectivity index (χ1n) is 4.36. The number of hydrogen-bond donors (Lipinski definition) is 0. The first-order valence-corrected chi connectivity index (χ1v) is 10.9. The molecule has 1 saturated heterocycles. The quantitative estimate of drug-likeness (QED) is 0.550. The summed E-state index contributed by atoms with van der Waals surface area (Å²) in [5.41, 5.74) is 0. The zero-order chi connectivity index (χ0) is 8.97. The predicted octanol–water partition coefficient (Wildman–Crippen LogP) is 2.17. The van der Waals surface area contributed by atoms with Crippen molar-refractivity contribution in [3.05, 3.63) is 12.7 Å². The zero-order valence-corrected chi connectivity index (χ0v) is 12.8. The molecule has 0 amide bonds. The topological polar surface area (TPSA) is 9.23 Å². The van der Waals surface area contributed by atoms with Crippen molar-refractivity contribution >= 4 is 32.6 Å². The molecule has 0 spiro atoms. The monoisotopic (exact) mass is 376 g/mol. The fourth-order valence-electron chi connectivity index (χ4n) is 1.75. The maximum atomic E-state index is 5.80. The zero-order valence-electron chi connectivity index (χ0n) is 7.53. The number of ether oxygens (including phenoxy) is 1. The van der Waals surface area contributed by atoms with Crippen molar-refractivity contribution in [2.24, 2.45) is 5.92 Å². The summed E-state index contributed by atoms with van der Waals surface area (Å²) in [5, 5.41) is 0. The van der Waals surface area contributed by atoms with Crippen molar-refractivity contribution in [3.8, 4) is 0 Å². The van der Waals surface area contributed by atoms with Crippen molar-refractivity contribution in [1.29, 1.82) is 0 Å². The Morgan fingerprint density at radius 2 is 2.50 bits per heavy atom. The van der Waals surface area contributed by atoms with Crippen LogP contribution in [0.1, 0.15) is 19.8 Å². The van der Waals surface area contributed by atoms with Crippen LogP contribution in [0.3, 0.4) is 0 Å². The molecule has 0 aliphatic carbocycles. The molecule has 1 nitrogen and oxygen atoms in total. The molecule has 1 rings (SSSR count). The molecule has 0 bridgehead atoms. The molecule has 3 atom stereocenters. The van der Waals surface area contributed by atoms with Gasteiger partial charge in [0, 0.05) is 0 Å². The van der Waals surface area contributed by atoms with E-state index in [0.29, 0.717) is 12.2 Å². The third-order valence-corrected chi connectivity index (χ3v) is 5.14. The first kappa shape index (κ1) is 11.0. The molecule has 0 aromatic rings. The molecule has 1 aliphatic rings. The average molecular weight is 376 g/mol. The summed E-state index contributed by atoms with van der Waals surface area (Å²) in [6, 6.07) is 0. The average Bonchev–Trinajstić information content (AvgIpc) is 2.33. The van der Waals surface area contributed by atoms with Gasteiger partial charge in [0.1, 0.15) is 0 Å². The summed E-state index contributed by atoms with van der Waals surface area (Å²) < 4.78 is 5.80. The van der Waals surface area contributed by atoms with Crippen LogP contribution in [0.2, 0.25) is 0 Å². The predicted molar refractivity (Wildman–Crippen MR) is 55.5 cm³/mol. The van der Waals surface area contributed by atoms with E-state index in [-0.39, 0.29) is 0 Å². The van der Waals surface area contributed by atoms with Crippen LogP contribution in [0.15, 0.2) is 12.7 Å². The Morgan fingerprint density at radius 1 is 1.75 bits per heavy atom. The maximum absolute atomic E-state index is 5.80. The third-order valence-electron chi connectivity index (χ3n) is 2.28. The standard InChI is InChI=1S/C9H16OS.Tl/c1-3-4-9-8(6-11)5-7(2)10-9;/h3,7-9,11H,1,4-6H2,2H3;/q;+1/p-1/t7-,8?,9+;/m1./s1. The SMILES string of the molecule is C=CC[C@@H]1O[C@H](C)CC1C[S][Tl]. The van der Waals surface area contributed by atoms with Crippen LogP contribution in [0.5, 0.6) is 0 Å². The van der Waals surface area contributed by atoms with E-state index < -0.39 is 0 Å². The van der Waals surface area contributed by atoms with E-state index in [1.165, 1.54) is 12.2 Å². The molecule has 1 aliphatic heterocycles. The summed E-state index contributed by atoms with van der Waals surface area (Å²) in [7, 11) is 2.08. The van der Waals surface area contributed by atoms with E-state index in [0.717, 1.165) is 36.6 Å². The van der Waals surface area contributed by atoms with Gasteiger partial charge in [-0.2, -0.15) is 0 Å². The minimum absolute atomic E-state index is 0.462. The van der Waals surface area contributed by atoms with Crippen LogP contribution in [-0.4, -0.2) is 42.2 Å². The molecule has 1 heterocycles. The molecule has 12 heavy (non-hydrogen) atoms. The van der Waals surface area contributed by atoms with Gasteiger partial charge in [0.2, 0.25) is 0 Å². The van der Waals surface area contributed by atoms with Crippen LogP contribution >= 0.6 is 8.31 Å². The van der Waals surface area contributed by atoms with Gasteiger partial charge in [-0.25, -0.2) is 0 Å². The van der Waals surface area contributed by atoms with E-state index in [4.69, 9.17) is 4.74 Å².